The van der Waals surface area contributed by atoms with Crippen molar-refractivity contribution in [3.05, 3.63) is 65.2 Å². The number of hydrogen-bond donors (Lipinski definition) is 1. The molecule has 28 heavy (non-hydrogen) atoms. The lowest BCUT2D eigenvalue weighted by atomic mass is 10.1. The Balaban J connectivity index is 2.25. The Hall–Kier alpha value is -2.18. The second-order valence-corrected chi connectivity index (χ2v) is 8.95. The number of aryl methyl sites for hydroxylation is 2. The molecule has 0 heterocycles. The van der Waals surface area contributed by atoms with Crippen LogP contribution in [-0.4, -0.2) is 38.3 Å². The van der Waals surface area contributed by atoms with Gasteiger partial charge in [-0.05, 0) is 49.4 Å². The van der Waals surface area contributed by atoms with Gasteiger partial charge in [-0.25, -0.2) is 8.42 Å². The number of hydrogen-bond acceptors (Lipinski definition) is 3. The summed E-state index contributed by atoms with van der Waals surface area (Å²) < 4.78 is 28.0. The van der Waals surface area contributed by atoms with Gasteiger partial charge >= 0.3 is 0 Å². The molecule has 1 amide bonds. The molecular weight excluding hydrogens is 372 g/mol. The lowest BCUT2D eigenvalue weighted by Gasteiger charge is -2.23. The molecule has 0 aliphatic carbocycles. The quantitative estimate of drug-likeness (QED) is 0.619. The van der Waals surface area contributed by atoms with Gasteiger partial charge in [-0.1, -0.05) is 55.8 Å². The van der Waals surface area contributed by atoms with Crippen molar-refractivity contribution in [3.8, 4) is 0 Å². The molecule has 0 aliphatic rings. The number of nitrogens with one attached hydrogen (secondary N) is 1. The van der Waals surface area contributed by atoms with Gasteiger partial charge in [0.2, 0.25) is 15.9 Å². The Kier molecular flexibility index (Phi) is 8.20. The number of nitrogens with zero attached hydrogens (tertiary/aromatic N) is 1. The summed E-state index contributed by atoms with van der Waals surface area (Å²) in [5.41, 5.74) is 2.59. The van der Waals surface area contributed by atoms with Gasteiger partial charge in [0.1, 0.15) is 0 Å². The SMILES string of the molecule is CCCCNC(=O)CN(CCc1ccccc1)S(=O)(=O)c1cc(C)ccc1C. The highest BCUT2D eigenvalue weighted by molar-refractivity contribution is 7.89. The summed E-state index contributed by atoms with van der Waals surface area (Å²) in [7, 11) is -3.78. The van der Waals surface area contributed by atoms with Gasteiger partial charge in [-0.2, -0.15) is 4.31 Å². The molecule has 0 radical (unpaired) electrons. The highest BCUT2D eigenvalue weighted by atomic mass is 32.2. The van der Waals surface area contributed by atoms with Crippen LogP contribution in [0.15, 0.2) is 53.4 Å². The minimum Gasteiger partial charge on any atom is -0.355 e. The molecule has 0 unspecified atom stereocenters. The third-order valence-electron chi connectivity index (χ3n) is 4.63. The second-order valence-electron chi connectivity index (χ2n) is 7.05. The van der Waals surface area contributed by atoms with E-state index in [1.54, 1.807) is 19.1 Å². The Labute approximate surface area is 168 Å². The molecule has 0 bridgehead atoms. The van der Waals surface area contributed by atoms with Crippen LogP contribution in [0.4, 0.5) is 0 Å². The van der Waals surface area contributed by atoms with Crippen molar-refractivity contribution in [2.24, 2.45) is 0 Å². The number of rotatable bonds is 10. The van der Waals surface area contributed by atoms with Crippen LogP contribution in [0.1, 0.15) is 36.5 Å². The Bertz CT molecular complexity index is 880. The first-order valence-corrected chi connectivity index (χ1v) is 11.2. The normalized spacial score (nSPS) is 11.6. The summed E-state index contributed by atoms with van der Waals surface area (Å²) in [6, 6.07) is 15.1. The standard InChI is InChI=1S/C22H30N2O3S/c1-4-5-14-23-22(25)17-24(15-13-20-9-7-6-8-10-20)28(26,27)21-16-18(2)11-12-19(21)3/h6-12,16H,4-5,13-15,17H2,1-3H3,(H,23,25). The van der Waals surface area contributed by atoms with Gasteiger partial charge in [0.15, 0.2) is 0 Å². The van der Waals surface area contributed by atoms with Gasteiger partial charge in [0.25, 0.3) is 0 Å². The minimum absolute atomic E-state index is 0.174. The zero-order valence-electron chi connectivity index (χ0n) is 16.9. The zero-order chi connectivity index (χ0) is 20.6. The van der Waals surface area contributed by atoms with Gasteiger partial charge in [-0.3, -0.25) is 4.79 Å². The van der Waals surface area contributed by atoms with Crippen LogP contribution in [0, 0.1) is 13.8 Å². The van der Waals surface area contributed by atoms with E-state index in [-0.39, 0.29) is 23.9 Å². The summed E-state index contributed by atoms with van der Waals surface area (Å²) in [6.45, 7) is 6.33. The lowest BCUT2D eigenvalue weighted by Crippen LogP contribution is -2.42. The molecule has 0 spiro atoms. The summed E-state index contributed by atoms with van der Waals surface area (Å²) in [6.07, 6.45) is 2.39. The summed E-state index contributed by atoms with van der Waals surface area (Å²) in [5.74, 6) is -0.268. The maximum Gasteiger partial charge on any atom is 0.243 e. The first-order valence-electron chi connectivity index (χ1n) is 9.72. The minimum atomic E-state index is -3.78. The second kappa shape index (κ2) is 10.4. The van der Waals surface area contributed by atoms with Crippen molar-refractivity contribution < 1.29 is 13.2 Å². The third kappa shape index (κ3) is 6.17. The predicted octanol–water partition coefficient (Wildman–Crippen LogP) is 3.45. The molecule has 0 saturated heterocycles. The monoisotopic (exact) mass is 402 g/mol. The van der Waals surface area contributed by atoms with E-state index in [1.807, 2.05) is 50.2 Å². The number of carbonyl (C=O) groups excluding carboxylic acids is 1. The lowest BCUT2D eigenvalue weighted by molar-refractivity contribution is -0.121. The van der Waals surface area contributed by atoms with E-state index in [0.29, 0.717) is 18.5 Å². The molecule has 1 N–H and O–H groups in total. The summed E-state index contributed by atoms with van der Waals surface area (Å²) in [5, 5.41) is 2.82. The Morgan fingerprint density at radius 3 is 2.46 bits per heavy atom. The van der Waals surface area contributed by atoms with E-state index >= 15 is 0 Å². The fourth-order valence-electron chi connectivity index (χ4n) is 2.93. The number of unbranched alkanes of at least 4 members (excludes halogenated alkanes) is 1. The van der Waals surface area contributed by atoms with E-state index in [1.165, 1.54) is 4.31 Å². The molecule has 2 aromatic carbocycles. The Morgan fingerprint density at radius 1 is 1.07 bits per heavy atom. The van der Waals surface area contributed by atoms with Gasteiger partial charge in [-0.15, -0.1) is 0 Å². The topological polar surface area (TPSA) is 66.5 Å². The smallest absolute Gasteiger partial charge is 0.243 e. The number of carbonyl (C=O) groups is 1. The fraction of sp³-hybridized carbons (Fsp3) is 0.409. The van der Waals surface area contributed by atoms with Crippen molar-refractivity contribution >= 4 is 15.9 Å². The third-order valence-corrected chi connectivity index (χ3v) is 6.61. The Morgan fingerprint density at radius 2 is 1.79 bits per heavy atom. The van der Waals surface area contributed by atoms with Crippen LogP contribution >= 0.6 is 0 Å². The number of sulfonamides is 1. The maximum absolute atomic E-state index is 13.3. The van der Waals surface area contributed by atoms with Crippen molar-refractivity contribution in [3.63, 3.8) is 0 Å². The largest absolute Gasteiger partial charge is 0.355 e. The van der Waals surface area contributed by atoms with Crippen molar-refractivity contribution in [2.45, 2.75) is 44.9 Å². The number of amides is 1. The summed E-state index contributed by atoms with van der Waals surface area (Å²) in [4.78, 5) is 12.6. The van der Waals surface area contributed by atoms with E-state index in [4.69, 9.17) is 0 Å². The first-order chi connectivity index (χ1) is 13.3. The molecular formula is C22H30N2O3S. The van der Waals surface area contributed by atoms with E-state index < -0.39 is 10.0 Å². The molecule has 0 fully saturated rings. The fourth-order valence-corrected chi connectivity index (χ4v) is 4.63. The average molecular weight is 403 g/mol. The van der Waals surface area contributed by atoms with Gasteiger partial charge in [0, 0.05) is 13.1 Å². The highest BCUT2D eigenvalue weighted by Gasteiger charge is 2.28. The number of benzene rings is 2. The van der Waals surface area contributed by atoms with E-state index in [0.717, 1.165) is 24.0 Å². The van der Waals surface area contributed by atoms with Crippen molar-refractivity contribution in [1.29, 1.82) is 0 Å². The van der Waals surface area contributed by atoms with E-state index in [9.17, 15) is 13.2 Å². The molecule has 0 saturated carbocycles. The zero-order valence-corrected chi connectivity index (χ0v) is 17.8. The molecule has 2 aromatic rings. The van der Waals surface area contributed by atoms with Crippen molar-refractivity contribution in [2.75, 3.05) is 19.6 Å². The van der Waals surface area contributed by atoms with Crippen LogP contribution in [0.25, 0.3) is 0 Å². The van der Waals surface area contributed by atoms with Crippen LogP contribution in [-0.2, 0) is 21.2 Å². The maximum atomic E-state index is 13.3. The van der Waals surface area contributed by atoms with Crippen LogP contribution in [0.2, 0.25) is 0 Å². The molecule has 2 rings (SSSR count). The molecule has 5 nitrogen and oxygen atoms in total. The molecule has 0 aromatic heterocycles. The molecule has 6 heteroatoms. The van der Waals surface area contributed by atoms with Crippen molar-refractivity contribution in [1.82, 2.24) is 9.62 Å². The first kappa shape index (κ1) is 22.1. The van der Waals surface area contributed by atoms with Crippen LogP contribution in [0.5, 0.6) is 0 Å². The summed E-state index contributed by atoms with van der Waals surface area (Å²) >= 11 is 0. The van der Waals surface area contributed by atoms with Crippen LogP contribution < -0.4 is 5.32 Å². The average Bonchev–Trinajstić information content (AvgIpc) is 2.67. The molecule has 0 aliphatic heterocycles. The van der Waals surface area contributed by atoms with Crippen LogP contribution in [0.3, 0.4) is 0 Å². The van der Waals surface area contributed by atoms with E-state index in [2.05, 4.69) is 5.32 Å². The highest BCUT2D eigenvalue weighted by Crippen LogP contribution is 2.21. The predicted molar refractivity (Wildman–Crippen MR) is 113 cm³/mol. The molecule has 0 atom stereocenters. The van der Waals surface area contributed by atoms with Gasteiger partial charge in [0.05, 0.1) is 11.4 Å². The van der Waals surface area contributed by atoms with Gasteiger partial charge < -0.3 is 5.32 Å². The molecule has 152 valence electrons.